The monoisotopic (exact) mass is 289 g/mol. The number of rotatable bonds is 4. The predicted octanol–water partition coefficient (Wildman–Crippen LogP) is 1.91. The molecule has 0 bridgehead atoms. The van der Waals surface area contributed by atoms with Gasteiger partial charge in [-0.3, -0.25) is 0 Å². The Bertz CT molecular complexity index is 624. The first kappa shape index (κ1) is 13.9. The second kappa shape index (κ2) is 5.73. The van der Waals surface area contributed by atoms with E-state index < -0.39 is 6.10 Å². The van der Waals surface area contributed by atoms with Crippen LogP contribution in [0.15, 0.2) is 24.5 Å². The van der Waals surface area contributed by atoms with Crippen LogP contribution in [0, 0.1) is 0 Å². The van der Waals surface area contributed by atoms with E-state index in [1.54, 1.807) is 0 Å². The number of nitrogens with zero attached hydrogens (tertiary/aromatic N) is 3. The van der Waals surface area contributed by atoms with E-state index in [4.69, 9.17) is 9.47 Å². The van der Waals surface area contributed by atoms with E-state index >= 15 is 0 Å². The van der Waals surface area contributed by atoms with Crippen LogP contribution in [-0.4, -0.2) is 33.1 Å². The van der Waals surface area contributed by atoms with Crippen molar-refractivity contribution in [3.05, 3.63) is 35.9 Å². The SMILES string of the molecule is CC(C)n1ncnc1CC(O)c1cccc2c1OCCO2. The summed E-state index contributed by atoms with van der Waals surface area (Å²) in [5, 5.41) is 14.7. The van der Waals surface area contributed by atoms with Gasteiger partial charge < -0.3 is 14.6 Å². The molecule has 1 atom stereocenters. The van der Waals surface area contributed by atoms with Crippen LogP contribution in [0.3, 0.4) is 0 Å². The average Bonchev–Trinajstić information content (AvgIpc) is 2.95. The predicted molar refractivity (Wildman–Crippen MR) is 76.5 cm³/mol. The number of ether oxygens (including phenoxy) is 2. The molecule has 6 heteroatoms. The first-order valence-corrected chi connectivity index (χ1v) is 7.11. The minimum Gasteiger partial charge on any atom is -0.486 e. The van der Waals surface area contributed by atoms with Crippen LogP contribution >= 0.6 is 0 Å². The standard InChI is InChI=1S/C15H19N3O3/c1-10(2)18-14(16-9-17-18)8-12(19)11-4-3-5-13-15(11)21-7-6-20-13/h3-5,9-10,12,19H,6-8H2,1-2H3. The summed E-state index contributed by atoms with van der Waals surface area (Å²) in [4.78, 5) is 4.23. The summed E-state index contributed by atoms with van der Waals surface area (Å²) in [6, 6.07) is 5.77. The number of hydrogen-bond acceptors (Lipinski definition) is 5. The molecule has 21 heavy (non-hydrogen) atoms. The van der Waals surface area contributed by atoms with E-state index in [0.717, 1.165) is 11.4 Å². The smallest absolute Gasteiger partial charge is 0.167 e. The number of aliphatic hydroxyl groups excluding tert-OH is 1. The van der Waals surface area contributed by atoms with E-state index in [1.165, 1.54) is 6.33 Å². The number of para-hydroxylation sites is 1. The van der Waals surface area contributed by atoms with Crippen molar-refractivity contribution >= 4 is 0 Å². The third kappa shape index (κ3) is 2.71. The average molecular weight is 289 g/mol. The molecule has 0 aliphatic carbocycles. The molecule has 2 heterocycles. The molecular formula is C15H19N3O3. The minimum atomic E-state index is -0.705. The van der Waals surface area contributed by atoms with Crippen molar-refractivity contribution in [2.24, 2.45) is 0 Å². The number of hydrogen-bond donors (Lipinski definition) is 1. The summed E-state index contributed by atoms with van der Waals surface area (Å²) < 4.78 is 13.0. The van der Waals surface area contributed by atoms with E-state index in [1.807, 2.05) is 36.7 Å². The van der Waals surface area contributed by atoms with Crippen molar-refractivity contribution in [3.63, 3.8) is 0 Å². The first-order chi connectivity index (χ1) is 10.2. The molecular weight excluding hydrogens is 270 g/mol. The number of aromatic nitrogens is 3. The highest BCUT2D eigenvalue weighted by molar-refractivity contribution is 5.48. The molecule has 1 unspecified atom stereocenters. The van der Waals surface area contributed by atoms with Crippen LogP contribution in [0.5, 0.6) is 11.5 Å². The fourth-order valence-corrected chi connectivity index (χ4v) is 2.49. The molecule has 1 aliphatic rings. The Labute approximate surface area is 123 Å². The maximum absolute atomic E-state index is 10.5. The number of benzene rings is 1. The topological polar surface area (TPSA) is 69.4 Å². The molecule has 1 aromatic heterocycles. The molecule has 0 spiro atoms. The third-order valence-corrected chi connectivity index (χ3v) is 3.47. The second-order valence-corrected chi connectivity index (χ2v) is 5.31. The minimum absolute atomic E-state index is 0.207. The molecule has 0 amide bonds. The van der Waals surface area contributed by atoms with Crippen molar-refractivity contribution in [2.75, 3.05) is 13.2 Å². The largest absolute Gasteiger partial charge is 0.486 e. The highest BCUT2D eigenvalue weighted by Crippen LogP contribution is 2.37. The summed E-state index contributed by atoms with van der Waals surface area (Å²) in [5.41, 5.74) is 0.727. The van der Waals surface area contributed by atoms with Gasteiger partial charge in [0.05, 0.1) is 6.10 Å². The van der Waals surface area contributed by atoms with Gasteiger partial charge in [-0.15, -0.1) is 0 Å². The zero-order valence-corrected chi connectivity index (χ0v) is 12.2. The summed E-state index contributed by atoms with van der Waals surface area (Å²) in [5.74, 6) is 2.07. The quantitative estimate of drug-likeness (QED) is 0.931. The first-order valence-electron chi connectivity index (χ1n) is 7.11. The highest BCUT2D eigenvalue weighted by atomic mass is 16.6. The van der Waals surface area contributed by atoms with E-state index in [-0.39, 0.29) is 6.04 Å². The van der Waals surface area contributed by atoms with Gasteiger partial charge in [-0.25, -0.2) is 9.67 Å². The van der Waals surface area contributed by atoms with Crippen LogP contribution in [0.2, 0.25) is 0 Å². The molecule has 1 aliphatic heterocycles. The van der Waals surface area contributed by atoms with Gasteiger partial charge in [0, 0.05) is 18.0 Å². The van der Waals surface area contributed by atoms with Crippen LogP contribution in [0.4, 0.5) is 0 Å². The van der Waals surface area contributed by atoms with Gasteiger partial charge in [-0.2, -0.15) is 5.10 Å². The zero-order chi connectivity index (χ0) is 14.8. The third-order valence-electron chi connectivity index (χ3n) is 3.47. The fraction of sp³-hybridized carbons (Fsp3) is 0.467. The van der Waals surface area contributed by atoms with Crippen molar-refractivity contribution < 1.29 is 14.6 Å². The fourth-order valence-electron chi connectivity index (χ4n) is 2.49. The Morgan fingerprint density at radius 3 is 2.90 bits per heavy atom. The lowest BCUT2D eigenvalue weighted by molar-refractivity contribution is 0.144. The Balaban J connectivity index is 1.86. The van der Waals surface area contributed by atoms with Crippen LogP contribution in [0.1, 0.15) is 37.4 Å². The molecule has 1 N–H and O–H groups in total. The van der Waals surface area contributed by atoms with Gasteiger partial charge in [0.1, 0.15) is 25.4 Å². The molecule has 0 saturated carbocycles. The molecule has 0 fully saturated rings. The van der Waals surface area contributed by atoms with Crippen molar-refractivity contribution in [2.45, 2.75) is 32.4 Å². The zero-order valence-electron chi connectivity index (χ0n) is 12.2. The van der Waals surface area contributed by atoms with E-state index in [0.29, 0.717) is 31.1 Å². The molecule has 2 aromatic rings. The summed E-state index contributed by atoms with van der Waals surface area (Å²) in [7, 11) is 0. The van der Waals surface area contributed by atoms with Crippen molar-refractivity contribution in [1.82, 2.24) is 14.8 Å². The Hall–Kier alpha value is -2.08. The highest BCUT2D eigenvalue weighted by Gasteiger charge is 2.22. The molecule has 112 valence electrons. The van der Waals surface area contributed by atoms with Gasteiger partial charge in [0.25, 0.3) is 0 Å². The number of fused-ring (bicyclic) bond motifs is 1. The van der Waals surface area contributed by atoms with Gasteiger partial charge in [0.15, 0.2) is 11.5 Å². The van der Waals surface area contributed by atoms with Crippen LogP contribution < -0.4 is 9.47 Å². The van der Waals surface area contributed by atoms with Gasteiger partial charge >= 0.3 is 0 Å². The van der Waals surface area contributed by atoms with E-state index in [9.17, 15) is 5.11 Å². The normalized spacial score (nSPS) is 15.2. The lowest BCUT2D eigenvalue weighted by Crippen LogP contribution is -2.18. The summed E-state index contributed by atoms with van der Waals surface area (Å²) in [6.07, 6.45) is 1.20. The second-order valence-electron chi connectivity index (χ2n) is 5.31. The maximum atomic E-state index is 10.5. The van der Waals surface area contributed by atoms with Crippen LogP contribution in [0.25, 0.3) is 0 Å². The molecule has 3 rings (SSSR count). The van der Waals surface area contributed by atoms with Gasteiger partial charge in [-0.1, -0.05) is 12.1 Å². The van der Waals surface area contributed by atoms with Crippen molar-refractivity contribution in [1.29, 1.82) is 0 Å². The number of aliphatic hydroxyl groups is 1. The summed E-state index contributed by atoms with van der Waals surface area (Å²) in [6.45, 7) is 5.10. The lowest BCUT2D eigenvalue weighted by atomic mass is 10.0. The van der Waals surface area contributed by atoms with Gasteiger partial charge in [-0.05, 0) is 19.9 Å². The lowest BCUT2D eigenvalue weighted by Gasteiger charge is -2.23. The Morgan fingerprint density at radius 1 is 1.29 bits per heavy atom. The molecule has 0 saturated heterocycles. The van der Waals surface area contributed by atoms with Crippen molar-refractivity contribution in [3.8, 4) is 11.5 Å². The summed E-state index contributed by atoms with van der Waals surface area (Å²) >= 11 is 0. The van der Waals surface area contributed by atoms with Crippen LogP contribution in [-0.2, 0) is 6.42 Å². The molecule has 0 radical (unpaired) electrons. The van der Waals surface area contributed by atoms with Gasteiger partial charge in [0.2, 0.25) is 0 Å². The Morgan fingerprint density at radius 2 is 2.10 bits per heavy atom. The molecule has 1 aromatic carbocycles. The molecule has 6 nitrogen and oxygen atoms in total. The van der Waals surface area contributed by atoms with E-state index in [2.05, 4.69) is 10.1 Å². The Kier molecular flexibility index (Phi) is 3.79. The maximum Gasteiger partial charge on any atom is 0.167 e.